The number of amides is 3. The number of carbonyl (C=O) groups is 3. The van der Waals surface area contributed by atoms with Gasteiger partial charge in [0.1, 0.15) is 24.4 Å². The Kier molecular flexibility index (Phi) is 7.07. The van der Waals surface area contributed by atoms with E-state index in [4.69, 9.17) is 4.74 Å². The van der Waals surface area contributed by atoms with Gasteiger partial charge in [0.25, 0.3) is 5.91 Å². The van der Waals surface area contributed by atoms with Crippen molar-refractivity contribution in [3.8, 4) is 16.9 Å². The fourth-order valence-corrected chi connectivity index (χ4v) is 4.19. The van der Waals surface area contributed by atoms with Crippen LogP contribution in [0.4, 0.5) is 4.79 Å². The molecule has 3 amide bonds. The molecule has 0 bridgehead atoms. The Morgan fingerprint density at radius 3 is 2.09 bits per heavy atom. The maximum absolute atomic E-state index is 13.1. The second-order valence-electron chi connectivity index (χ2n) is 8.73. The number of urea groups is 1. The summed E-state index contributed by atoms with van der Waals surface area (Å²) < 4.78 is 5.80. The van der Waals surface area contributed by atoms with Crippen molar-refractivity contribution in [3.05, 3.63) is 90.5 Å². The van der Waals surface area contributed by atoms with Crippen LogP contribution in [0.3, 0.4) is 0 Å². The van der Waals surface area contributed by atoms with Crippen LogP contribution in [0.1, 0.15) is 19.4 Å². The van der Waals surface area contributed by atoms with Crippen molar-refractivity contribution in [2.24, 2.45) is 5.92 Å². The average molecular weight is 457 g/mol. The van der Waals surface area contributed by atoms with E-state index in [2.05, 4.69) is 5.32 Å². The second kappa shape index (κ2) is 10.3. The fraction of sp³-hybridized carbons (Fsp3) is 0.250. The number of imide groups is 1. The van der Waals surface area contributed by atoms with Crippen molar-refractivity contribution < 1.29 is 19.1 Å². The molecule has 174 valence electrons. The number of carbonyl (C=O) groups excluding carboxylic acids is 3. The lowest BCUT2D eigenvalue weighted by molar-refractivity contribution is -0.136. The summed E-state index contributed by atoms with van der Waals surface area (Å²) in [7, 11) is 0. The molecule has 1 heterocycles. The number of hydrogen-bond donors (Lipinski definition) is 1. The SMILES string of the molecule is CC(C)[C@H](C(=O)Cc1ccccc1)N1C(=O)N[C@@H](COc2ccc(-c3ccccc3)cc2)C1=O. The Morgan fingerprint density at radius 2 is 1.47 bits per heavy atom. The highest BCUT2D eigenvalue weighted by Crippen LogP contribution is 2.24. The van der Waals surface area contributed by atoms with E-state index in [0.29, 0.717) is 5.75 Å². The minimum atomic E-state index is -0.841. The molecule has 3 aromatic carbocycles. The third-order valence-electron chi connectivity index (χ3n) is 5.89. The summed E-state index contributed by atoms with van der Waals surface area (Å²) in [6.45, 7) is 3.67. The summed E-state index contributed by atoms with van der Waals surface area (Å²) in [5, 5.41) is 2.68. The van der Waals surface area contributed by atoms with Gasteiger partial charge in [0.05, 0.1) is 0 Å². The highest BCUT2D eigenvalue weighted by Gasteiger charge is 2.45. The fourth-order valence-electron chi connectivity index (χ4n) is 4.19. The van der Waals surface area contributed by atoms with Crippen LogP contribution in [0.15, 0.2) is 84.9 Å². The molecule has 0 aliphatic carbocycles. The Balaban J connectivity index is 1.40. The van der Waals surface area contributed by atoms with Crippen LogP contribution in [-0.2, 0) is 16.0 Å². The summed E-state index contributed by atoms with van der Waals surface area (Å²) in [6.07, 6.45) is 0.162. The minimum absolute atomic E-state index is 0.0105. The van der Waals surface area contributed by atoms with E-state index in [1.807, 2.05) is 98.8 Å². The summed E-state index contributed by atoms with van der Waals surface area (Å²) in [4.78, 5) is 39.9. The minimum Gasteiger partial charge on any atom is -0.491 e. The van der Waals surface area contributed by atoms with Crippen molar-refractivity contribution in [2.45, 2.75) is 32.4 Å². The van der Waals surface area contributed by atoms with Gasteiger partial charge >= 0.3 is 6.03 Å². The molecular formula is C28H28N2O4. The molecular weight excluding hydrogens is 428 g/mol. The maximum atomic E-state index is 13.1. The predicted octanol–water partition coefficient (Wildman–Crippen LogP) is 4.49. The van der Waals surface area contributed by atoms with Crippen molar-refractivity contribution in [3.63, 3.8) is 0 Å². The summed E-state index contributed by atoms with van der Waals surface area (Å²) in [5.41, 5.74) is 3.01. The Hall–Kier alpha value is -3.93. The summed E-state index contributed by atoms with van der Waals surface area (Å²) >= 11 is 0. The standard InChI is InChI=1S/C28H28N2O4/c1-19(2)26(25(31)17-20-9-5-3-6-10-20)30-27(32)24(29-28(30)33)18-34-23-15-13-22(14-16-23)21-11-7-4-8-12-21/h3-16,19,24,26H,17-18H2,1-2H3,(H,29,33)/t24-,26+/m0/s1. The molecule has 0 unspecified atom stereocenters. The molecule has 1 aliphatic heterocycles. The maximum Gasteiger partial charge on any atom is 0.325 e. The van der Waals surface area contributed by atoms with Crippen LogP contribution < -0.4 is 10.1 Å². The van der Waals surface area contributed by atoms with E-state index in [-0.39, 0.29) is 24.7 Å². The number of rotatable bonds is 9. The smallest absolute Gasteiger partial charge is 0.325 e. The molecule has 1 N–H and O–H groups in total. The number of Topliss-reactive ketones (excluding diaryl/α,β-unsaturated/α-hetero) is 1. The summed E-state index contributed by atoms with van der Waals surface area (Å²) in [5.74, 6) is -0.217. The van der Waals surface area contributed by atoms with E-state index in [1.165, 1.54) is 0 Å². The van der Waals surface area contributed by atoms with E-state index in [1.54, 1.807) is 0 Å². The van der Waals surface area contributed by atoms with Gasteiger partial charge in [0.2, 0.25) is 0 Å². The monoisotopic (exact) mass is 456 g/mol. The molecule has 0 spiro atoms. The first-order valence-corrected chi connectivity index (χ1v) is 11.4. The van der Waals surface area contributed by atoms with E-state index in [9.17, 15) is 14.4 Å². The van der Waals surface area contributed by atoms with Crippen LogP contribution in [-0.4, -0.2) is 41.3 Å². The zero-order valence-corrected chi connectivity index (χ0v) is 19.3. The molecule has 2 atom stereocenters. The van der Waals surface area contributed by atoms with Gasteiger partial charge in [-0.05, 0) is 34.7 Å². The van der Waals surface area contributed by atoms with Crippen molar-refractivity contribution >= 4 is 17.7 Å². The van der Waals surface area contributed by atoms with E-state index in [0.717, 1.165) is 21.6 Å². The van der Waals surface area contributed by atoms with Gasteiger partial charge in [-0.2, -0.15) is 0 Å². The number of benzene rings is 3. The van der Waals surface area contributed by atoms with Crippen molar-refractivity contribution in [2.75, 3.05) is 6.61 Å². The normalized spacial score (nSPS) is 16.4. The van der Waals surface area contributed by atoms with Gasteiger partial charge in [-0.3, -0.25) is 14.5 Å². The Morgan fingerprint density at radius 1 is 0.882 bits per heavy atom. The van der Waals surface area contributed by atoms with Gasteiger partial charge in [-0.25, -0.2) is 4.79 Å². The number of nitrogens with zero attached hydrogens (tertiary/aromatic N) is 1. The van der Waals surface area contributed by atoms with Crippen LogP contribution in [0.2, 0.25) is 0 Å². The lowest BCUT2D eigenvalue weighted by Crippen LogP contribution is -2.49. The van der Waals surface area contributed by atoms with Crippen LogP contribution in [0, 0.1) is 5.92 Å². The highest BCUT2D eigenvalue weighted by atomic mass is 16.5. The van der Waals surface area contributed by atoms with Gasteiger partial charge in [0.15, 0.2) is 5.78 Å². The first-order valence-electron chi connectivity index (χ1n) is 11.4. The topological polar surface area (TPSA) is 75.7 Å². The quantitative estimate of drug-likeness (QED) is 0.482. The molecule has 0 saturated carbocycles. The van der Waals surface area contributed by atoms with Crippen LogP contribution in [0.25, 0.3) is 11.1 Å². The Bertz CT molecular complexity index is 1140. The molecule has 6 nitrogen and oxygen atoms in total. The van der Waals surface area contributed by atoms with Crippen molar-refractivity contribution in [1.82, 2.24) is 10.2 Å². The molecule has 6 heteroatoms. The second-order valence-corrected chi connectivity index (χ2v) is 8.73. The van der Waals surface area contributed by atoms with Gasteiger partial charge in [-0.15, -0.1) is 0 Å². The lowest BCUT2D eigenvalue weighted by Gasteiger charge is -2.27. The molecule has 1 aliphatic rings. The molecule has 0 radical (unpaired) electrons. The number of ketones is 1. The first kappa shape index (κ1) is 23.2. The van der Waals surface area contributed by atoms with Gasteiger partial charge in [-0.1, -0.05) is 86.6 Å². The number of nitrogens with one attached hydrogen (secondary N) is 1. The third kappa shape index (κ3) is 5.17. The van der Waals surface area contributed by atoms with Gasteiger partial charge in [0, 0.05) is 6.42 Å². The van der Waals surface area contributed by atoms with E-state index < -0.39 is 24.0 Å². The Labute approximate surface area is 199 Å². The average Bonchev–Trinajstić information content (AvgIpc) is 3.12. The molecule has 34 heavy (non-hydrogen) atoms. The van der Waals surface area contributed by atoms with Crippen LogP contribution >= 0.6 is 0 Å². The number of hydrogen-bond acceptors (Lipinski definition) is 4. The molecule has 0 aromatic heterocycles. The molecule has 4 rings (SSSR count). The highest BCUT2D eigenvalue weighted by molar-refractivity contribution is 6.08. The van der Waals surface area contributed by atoms with E-state index >= 15 is 0 Å². The lowest BCUT2D eigenvalue weighted by atomic mass is 9.94. The molecule has 1 saturated heterocycles. The molecule has 1 fully saturated rings. The largest absolute Gasteiger partial charge is 0.491 e. The molecule has 3 aromatic rings. The third-order valence-corrected chi connectivity index (χ3v) is 5.89. The zero-order valence-electron chi connectivity index (χ0n) is 19.3. The van der Waals surface area contributed by atoms with Gasteiger partial charge < -0.3 is 10.1 Å². The first-order chi connectivity index (χ1) is 16.4. The van der Waals surface area contributed by atoms with Crippen LogP contribution in [0.5, 0.6) is 5.75 Å². The van der Waals surface area contributed by atoms with Crippen molar-refractivity contribution in [1.29, 1.82) is 0 Å². The zero-order chi connectivity index (χ0) is 24.1. The number of ether oxygens (including phenoxy) is 1. The predicted molar refractivity (Wildman–Crippen MR) is 130 cm³/mol. The summed E-state index contributed by atoms with van der Waals surface area (Å²) in [6, 6.07) is 24.7.